The number of Topliss-reactive ketones (excluding diaryl/α,β-unsaturated/α-hetero) is 1. The van der Waals surface area contributed by atoms with Gasteiger partial charge < -0.3 is 4.74 Å². The summed E-state index contributed by atoms with van der Waals surface area (Å²) in [4.78, 5) is 23.7. The lowest BCUT2D eigenvalue weighted by atomic mass is 9.75. The summed E-state index contributed by atoms with van der Waals surface area (Å²) in [6.45, 7) is 5.98. The normalized spacial score (nSPS) is 28.2. The molecule has 0 N–H and O–H groups in total. The summed E-state index contributed by atoms with van der Waals surface area (Å²) < 4.78 is 5.38. The predicted octanol–water partition coefficient (Wildman–Crippen LogP) is 3.26. The number of unbranched alkanes of at least 4 members (excludes halogenated alkanes) is 1. The van der Waals surface area contributed by atoms with Gasteiger partial charge in [-0.2, -0.15) is 0 Å². The number of esters is 1. The van der Waals surface area contributed by atoms with E-state index in [9.17, 15) is 9.59 Å². The number of hydrogen-bond acceptors (Lipinski definition) is 3. The number of cyclic esters (lactones) is 1. The zero-order valence-electron chi connectivity index (χ0n) is 11.3. The van der Waals surface area contributed by atoms with E-state index < -0.39 is 5.41 Å². The van der Waals surface area contributed by atoms with Gasteiger partial charge in [0.1, 0.15) is 11.9 Å². The summed E-state index contributed by atoms with van der Waals surface area (Å²) in [5, 5.41) is 0. The third-order valence-corrected chi connectivity index (χ3v) is 3.72. The van der Waals surface area contributed by atoms with E-state index in [1.807, 2.05) is 13.8 Å². The summed E-state index contributed by atoms with van der Waals surface area (Å²) >= 11 is 0. The van der Waals surface area contributed by atoms with Crippen LogP contribution in [0.3, 0.4) is 0 Å². The molecular formula is C14H24O3. The molecule has 0 aromatic carbocycles. The first-order valence-corrected chi connectivity index (χ1v) is 6.80. The Kier molecular flexibility index (Phi) is 5.16. The smallest absolute Gasteiger partial charge is 0.312 e. The zero-order valence-corrected chi connectivity index (χ0v) is 11.3. The molecule has 3 nitrogen and oxygen atoms in total. The summed E-state index contributed by atoms with van der Waals surface area (Å²) in [7, 11) is 0. The van der Waals surface area contributed by atoms with Gasteiger partial charge >= 0.3 is 5.97 Å². The minimum atomic E-state index is -0.510. The third-order valence-electron chi connectivity index (χ3n) is 3.72. The fourth-order valence-electron chi connectivity index (χ4n) is 2.52. The molecule has 1 aliphatic rings. The average molecular weight is 240 g/mol. The van der Waals surface area contributed by atoms with Gasteiger partial charge in [0.25, 0.3) is 0 Å². The molecule has 1 aliphatic heterocycles. The van der Waals surface area contributed by atoms with Crippen molar-refractivity contribution in [3.63, 3.8) is 0 Å². The highest BCUT2D eigenvalue weighted by Crippen LogP contribution is 2.43. The van der Waals surface area contributed by atoms with Crippen molar-refractivity contribution in [3.05, 3.63) is 0 Å². The molecular weight excluding hydrogens is 216 g/mol. The van der Waals surface area contributed by atoms with Gasteiger partial charge in [0.05, 0.1) is 5.41 Å². The highest BCUT2D eigenvalue weighted by molar-refractivity contribution is 5.88. The van der Waals surface area contributed by atoms with Crippen molar-refractivity contribution in [2.75, 3.05) is 0 Å². The predicted molar refractivity (Wildman–Crippen MR) is 66.7 cm³/mol. The van der Waals surface area contributed by atoms with Crippen LogP contribution in [-0.4, -0.2) is 17.9 Å². The van der Waals surface area contributed by atoms with E-state index in [1.54, 1.807) is 0 Å². The summed E-state index contributed by atoms with van der Waals surface area (Å²) in [6, 6.07) is 0. The maximum Gasteiger partial charge on any atom is 0.312 e. The average Bonchev–Trinajstić information content (AvgIpc) is 2.64. The largest absolute Gasteiger partial charge is 0.462 e. The Balaban J connectivity index is 2.78. The Morgan fingerprint density at radius 3 is 2.59 bits per heavy atom. The van der Waals surface area contributed by atoms with Crippen molar-refractivity contribution in [2.45, 2.75) is 71.8 Å². The van der Waals surface area contributed by atoms with Crippen LogP contribution in [0.15, 0.2) is 0 Å². The van der Waals surface area contributed by atoms with E-state index in [1.165, 1.54) is 0 Å². The number of ether oxygens (including phenoxy) is 1. The van der Waals surface area contributed by atoms with Crippen LogP contribution in [0.2, 0.25) is 0 Å². The minimum Gasteiger partial charge on any atom is -0.462 e. The molecule has 0 amide bonds. The summed E-state index contributed by atoms with van der Waals surface area (Å²) in [5.74, 6) is 0.0365. The molecule has 1 saturated heterocycles. The van der Waals surface area contributed by atoms with Gasteiger partial charge in [-0.15, -0.1) is 0 Å². The second kappa shape index (κ2) is 6.18. The van der Waals surface area contributed by atoms with Crippen molar-refractivity contribution in [1.29, 1.82) is 0 Å². The highest BCUT2D eigenvalue weighted by Gasteiger charge is 2.48. The molecule has 2 atom stereocenters. The molecule has 17 heavy (non-hydrogen) atoms. The van der Waals surface area contributed by atoms with Gasteiger partial charge in [0.15, 0.2) is 0 Å². The fraction of sp³-hybridized carbons (Fsp3) is 0.857. The lowest BCUT2D eigenvalue weighted by molar-refractivity contribution is -0.151. The van der Waals surface area contributed by atoms with E-state index in [4.69, 9.17) is 4.74 Å². The van der Waals surface area contributed by atoms with Gasteiger partial charge in [0.2, 0.25) is 0 Å². The Labute approximate surface area is 104 Å². The van der Waals surface area contributed by atoms with E-state index >= 15 is 0 Å². The molecule has 0 saturated carbocycles. The number of rotatable bonds is 7. The standard InChI is InChI=1S/C14H24O3/c1-4-7-8-14(9-11(15)5-2)10-12(6-3)17-13(14)16/h12H,4-10H2,1-3H3. The summed E-state index contributed by atoms with van der Waals surface area (Å²) in [6.07, 6.45) is 5.31. The molecule has 1 fully saturated rings. The van der Waals surface area contributed by atoms with Crippen molar-refractivity contribution < 1.29 is 14.3 Å². The van der Waals surface area contributed by atoms with Gasteiger partial charge in [-0.05, 0) is 12.8 Å². The quantitative estimate of drug-likeness (QED) is 0.641. The first-order valence-electron chi connectivity index (χ1n) is 6.80. The van der Waals surface area contributed by atoms with Crippen LogP contribution >= 0.6 is 0 Å². The van der Waals surface area contributed by atoms with Crippen LogP contribution in [0, 0.1) is 5.41 Å². The molecule has 0 aromatic heterocycles. The van der Waals surface area contributed by atoms with E-state index in [-0.39, 0.29) is 17.9 Å². The van der Waals surface area contributed by atoms with Crippen molar-refractivity contribution in [3.8, 4) is 0 Å². The Hall–Kier alpha value is -0.860. The van der Waals surface area contributed by atoms with Crippen LogP contribution in [0.4, 0.5) is 0 Å². The number of ketones is 1. The fourth-order valence-corrected chi connectivity index (χ4v) is 2.52. The number of hydrogen-bond donors (Lipinski definition) is 0. The molecule has 1 heterocycles. The molecule has 0 aliphatic carbocycles. The van der Waals surface area contributed by atoms with Crippen molar-refractivity contribution in [1.82, 2.24) is 0 Å². The molecule has 1 rings (SSSR count). The topological polar surface area (TPSA) is 43.4 Å². The van der Waals surface area contributed by atoms with E-state index in [2.05, 4.69) is 6.92 Å². The maximum atomic E-state index is 12.0. The van der Waals surface area contributed by atoms with Crippen molar-refractivity contribution >= 4 is 11.8 Å². The highest BCUT2D eigenvalue weighted by atomic mass is 16.6. The maximum absolute atomic E-state index is 12.0. The van der Waals surface area contributed by atoms with Crippen LogP contribution in [0.1, 0.15) is 65.7 Å². The molecule has 2 unspecified atom stereocenters. The molecule has 0 bridgehead atoms. The Morgan fingerprint density at radius 2 is 2.12 bits per heavy atom. The Bertz CT molecular complexity index is 285. The first-order chi connectivity index (χ1) is 8.07. The monoisotopic (exact) mass is 240 g/mol. The zero-order chi connectivity index (χ0) is 12.9. The molecule has 98 valence electrons. The van der Waals surface area contributed by atoms with Gasteiger partial charge in [0, 0.05) is 19.3 Å². The van der Waals surface area contributed by atoms with Crippen LogP contribution in [0.25, 0.3) is 0 Å². The van der Waals surface area contributed by atoms with Gasteiger partial charge in [-0.3, -0.25) is 9.59 Å². The third kappa shape index (κ3) is 3.30. The van der Waals surface area contributed by atoms with Crippen LogP contribution in [0.5, 0.6) is 0 Å². The van der Waals surface area contributed by atoms with E-state index in [0.717, 1.165) is 32.1 Å². The number of carbonyl (C=O) groups is 2. The second-order valence-corrected chi connectivity index (χ2v) is 5.09. The first kappa shape index (κ1) is 14.2. The van der Waals surface area contributed by atoms with Crippen LogP contribution < -0.4 is 0 Å². The molecule has 0 spiro atoms. The molecule has 0 aromatic rings. The lowest BCUT2D eigenvalue weighted by Gasteiger charge is -2.23. The van der Waals surface area contributed by atoms with Gasteiger partial charge in [-0.25, -0.2) is 0 Å². The number of carbonyl (C=O) groups excluding carboxylic acids is 2. The lowest BCUT2D eigenvalue weighted by Crippen LogP contribution is -2.29. The second-order valence-electron chi connectivity index (χ2n) is 5.09. The Morgan fingerprint density at radius 1 is 1.41 bits per heavy atom. The van der Waals surface area contributed by atoms with Gasteiger partial charge in [-0.1, -0.05) is 33.6 Å². The SMILES string of the molecule is CCCCC1(CC(=O)CC)CC(CC)OC1=O. The molecule has 0 radical (unpaired) electrons. The minimum absolute atomic E-state index is 0.0176. The van der Waals surface area contributed by atoms with Crippen molar-refractivity contribution in [2.24, 2.45) is 5.41 Å². The van der Waals surface area contributed by atoms with Crippen LogP contribution in [-0.2, 0) is 14.3 Å². The summed E-state index contributed by atoms with van der Waals surface area (Å²) in [5.41, 5.74) is -0.510. The molecule has 3 heteroatoms. The van der Waals surface area contributed by atoms with E-state index in [0.29, 0.717) is 12.8 Å².